The molecule has 0 aliphatic heterocycles. The average molecular weight is 557 g/mol. The highest BCUT2D eigenvalue weighted by atomic mass is 19.4. The summed E-state index contributed by atoms with van der Waals surface area (Å²) in [4.78, 5) is 34.8. The van der Waals surface area contributed by atoms with Crippen LogP contribution in [-0.4, -0.2) is 70.5 Å². The second kappa shape index (κ2) is 12.1. The van der Waals surface area contributed by atoms with Crippen LogP contribution >= 0.6 is 0 Å². The van der Waals surface area contributed by atoms with Gasteiger partial charge in [-0.3, -0.25) is 14.2 Å². The largest absolute Gasteiger partial charge is 0.497 e. The van der Waals surface area contributed by atoms with Crippen molar-refractivity contribution in [3.05, 3.63) is 79.5 Å². The van der Waals surface area contributed by atoms with Crippen molar-refractivity contribution >= 4 is 17.4 Å². The zero-order valence-corrected chi connectivity index (χ0v) is 21.0. The molecule has 15 heteroatoms. The van der Waals surface area contributed by atoms with Crippen molar-refractivity contribution in [1.29, 1.82) is 0 Å². The van der Waals surface area contributed by atoms with Gasteiger partial charge >= 0.3 is 12.1 Å². The fourth-order valence-corrected chi connectivity index (χ4v) is 3.67. The number of benzene rings is 1. The quantitative estimate of drug-likeness (QED) is 0.278. The van der Waals surface area contributed by atoms with E-state index in [1.165, 1.54) is 0 Å². The Bertz CT molecular complexity index is 1600. The predicted molar refractivity (Wildman–Crippen MR) is 135 cm³/mol. The number of aromatic nitrogens is 7. The van der Waals surface area contributed by atoms with E-state index in [0.717, 1.165) is 30.1 Å². The van der Waals surface area contributed by atoms with E-state index in [1.54, 1.807) is 49.1 Å². The van der Waals surface area contributed by atoms with Crippen LogP contribution in [0.1, 0.15) is 16.9 Å². The maximum absolute atomic E-state index is 13.0. The average Bonchev–Trinajstić information content (AvgIpc) is 3.71. The third kappa shape index (κ3) is 6.43. The molecular weight excluding hydrogens is 533 g/mol. The summed E-state index contributed by atoms with van der Waals surface area (Å²) < 4.78 is 42.7. The van der Waals surface area contributed by atoms with Gasteiger partial charge in [-0.15, -0.1) is 0 Å². The van der Waals surface area contributed by atoms with Crippen LogP contribution in [0.25, 0.3) is 22.7 Å². The number of halogens is 3. The Hall–Kier alpha value is -5.21. The Balaban J connectivity index is 0.000000470. The molecule has 1 aromatic carbocycles. The molecule has 12 nitrogen and oxygen atoms in total. The number of aryl methyl sites for hydroxylation is 1. The zero-order chi connectivity index (χ0) is 28.7. The number of hydrogen-bond donors (Lipinski definition) is 2. The molecule has 2 N–H and O–H groups in total. The molecule has 0 unspecified atom stereocenters. The minimum absolute atomic E-state index is 0.246. The lowest BCUT2D eigenvalue weighted by atomic mass is 10.3. The summed E-state index contributed by atoms with van der Waals surface area (Å²) in [5, 5.41) is 14.6. The molecule has 4 aromatic heterocycles. The minimum Gasteiger partial charge on any atom is -0.497 e. The van der Waals surface area contributed by atoms with E-state index >= 15 is 0 Å². The molecule has 1 amide bonds. The van der Waals surface area contributed by atoms with Crippen LogP contribution in [0.4, 0.5) is 13.2 Å². The second-order valence-electron chi connectivity index (χ2n) is 8.16. The number of carboxylic acids is 1. The third-order valence-corrected chi connectivity index (χ3v) is 5.51. The third-order valence-electron chi connectivity index (χ3n) is 5.51. The van der Waals surface area contributed by atoms with Gasteiger partial charge < -0.3 is 19.7 Å². The van der Waals surface area contributed by atoms with E-state index in [9.17, 15) is 18.0 Å². The smallest absolute Gasteiger partial charge is 0.490 e. The molecule has 0 saturated heterocycles. The van der Waals surface area contributed by atoms with Crippen LogP contribution < -0.4 is 10.1 Å². The predicted octanol–water partition coefficient (Wildman–Crippen LogP) is 3.24. The van der Waals surface area contributed by atoms with Crippen LogP contribution in [0.2, 0.25) is 0 Å². The Labute approximate surface area is 224 Å². The number of fused-ring (bicyclic) bond motifs is 1. The number of imidazole rings is 2. The van der Waals surface area contributed by atoms with Crippen molar-refractivity contribution < 1.29 is 32.6 Å². The zero-order valence-electron chi connectivity index (χ0n) is 21.0. The number of carbonyl (C=O) groups excluding carboxylic acids is 1. The number of carboxylic acid groups (broad SMARTS) is 1. The molecule has 4 heterocycles. The van der Waals surface area contributed by atoms with Crippen LogP contribution in [0.5, 0.6) is 5.75 Å². The van der Waals surface area contributed by atoms with E-state index in [4.69, 9.17) is 19.6 Å². The molecule has 5 rings (SSSR count). The Morgan fingerprint density at radius 2 is 1.88 bits per heavy atom. The van der Waals surface area contributed by atoms with Gasteiger partial charge in [0, 0.05) is 43.9 Å². The lowest BCUT2D eigenvalue weighted by Gasteiger charge is -2.08. The number of alkyl halides is 3. The van der Waals surface area contributed by atoms with E-state index in [2.05, 4.69) is 20.4 Å². The van der Waals surface area contributed by atoms with Gasteiger partial charge in [0.25, 0.3) is 5.91 Å². The topological polar surface area (TPSA) is 141 Å². The summed E-state index contributed by atoms with van der Waals surface area (Å²) in [5.41, 5.74) is 2.51. The fourth-order valence-electron chi connectivity index (χ4n) is 3.67. The molecule has 5 aromatic rings. The summed E-state index contributed by atoms with van der Waals surface area (Å²) in [6.07, 6.45) is 7.88. The van der Waals surface area contributed by atoms with Gasteiger partial charge in [0.05, 0.1) is 37.0 Å². The summed E-state index contributed by atoms with van der Waals surface area (Å²) in [6.45, 7) is 1.30. The van der Waals surface area contributed by atoms with E-state index in [0.29, 0.717) is 23.6 Å². The molecule has 0 aliphatic rings. The highest BCUT2D eigenvalue weighted by Gasteiger charge is 2.38. The van der Waals surface area contributed by atoms with Crippen molar-refractivity contribution in [2.75, 3.05) is 13.7 Å². The van der Waals surface area contributed by atoms with Crippen molar-refractivity contribution in [2.24, 2.45) is 0 Å². The number of methoxy groups -OCH3 is 1. The fraction of sp³-hybridized carbons (Fsp3) is 0.200. The monoisotopic (exact) mass is 556 g/mol. The van der Waals surface area contributed by atoms with Gasteiger partial charge in [-0.1, -0.05) is 6.07 Å². The van der Waals surface area contributed by atoms with Crippen LogP contribution in [-0.2, 0) is 11.3 Å². The molecule has 0 fully saturated rings. The normalized spacial score (nSPS) is 11.1. The number of rotatable bonds is 8. The van der Waals surface area contributed by atoms with Crippen molar-refractivity contribution in [3.63, 3.8) is 0 Å². The number of nitrogens with one attached hydrogen (secondary N) is 1. The highest BCUT2D eigenvalue weighted by Crippen LogP contribution is 2.26. The number of nitrogens with zero attached hydrogens (tertiary/aromatic N) is 7. The molecular formula is C25H23F3N8O4. The van der Waals surface area contributed by atoms with Crippen LogP contribution in [0, 0.1) is 0 Å². The molecule has 208 valence electrons. The molecule has 0 saturated carbocycles. The number of carbonyl (C=O) groups is 2. The molecule has 0 radical (unpaired) electrons. The first kappa shape index (κ1) is 27.8. The summed E-state index contributed by atoms with van der Waals surface area (Å²) in [7, 11) is 1.62. The van der Waals surface area contributed by atoms with Crippen LogP contribution in [0.15, 0.2) is 73.8 Å². The standard InChI is InChI=1S/C23H22N8O2.C2HF3O2/c1-33-18-5-2-4-17(14-18)31-19(6-8-27-31)22-28-21(20-15-24-10-13-30(20)22)23(32)26-7-3-11-29-12-9-25-16-29;3-2(4,5)1(6)7/h2,4-6,8-10,12-16H,3,7,11H2,1H3,(H,26,32);(H,6,7). The number of ether oxygens (including phenoxy) is 1. The number of aliphatic carboxylic acids is 1. The number of hydrogen-bond acceptors (Lipinski definition) is 7. The Kier molecular flexibility index (Phi) is 8.42. The van der Waals surface area contributed by atoms with E-state index < -0.39 is 12.1 Å². The van der Waals surface area contributed by atoms with Crippen molar-refractivity contribution in [1.82, 2.24) is 39.0 Å². The summed E-state index contributed by atoms with van der Waals surface area (Å²) in [5.74, 6) is -1.68. The summed E-state index contributed by atoms with van der Waals surface area (Å²) >= 11 is 0. The Morgan fingerprint density at radius 3 is 2.58 bits per heavy atom. The first-order valence-corrected chi connectivity index (χ1v) is 11.7. The highest BCUT2D eigenvalue weighted by molar-refractivity contribution is 5.99. The van der Waals surface area contributed by atoms with Crippen LogP contribution in [0.3, 0.4) is 0 Å². The first-order valence-electron chi connectivity index (χ1n) is 11.7. The molecule has 0 bridgehead atoms. The van der Waals surface area contributed by atoms with Gasteiger partial charge in [0.15, 0.2) is 11.5 Å². The van der Waals surface area contributed by atoms with Crippen molar-refractivity contribution in [3.8, 4) is 23.0 Å². The molecule has 40 heavy (non-hydrogen) atoms. The maximum Gasteiger partial charge on any atom is 0.490 e. The molecule has 0 aliphatic carbocycles. The Morgan fingerprint density at radius 1 is 1.10 bits per heavy atom. The van der Waals surface area contributed by atoms with Crippen molar-refractivity contribution in [2.45, 2.75) is 19.1 Å². The minimum atomic E-state index is -5.08. The molecule has 0 spiro atoms. The maximum atomic E-state index is 13.0. The van der Waals surface area contributed by atoms with E-state index in [1.807, 2.05) is 45.5 Å². The lowest BCUT2D eigenvalue weighted by molar-refractivity contribution is -0.192. The van der Waals surface area contributed by atoms with Gasteiger partial charge in [-0.05, 0) is 24.6 Å². The number of amides is 1. The van der Waals surface area contributed by atoms with E-state index in [-0.39, 0.29) is 5.91 Å². The molecule has 0 atom stereocenters. The van der Waals surface area contributed by atoms with Gasteiger partial charge in [0.2, 0.25) is 0 Å². The van der Waals surface area contributed by atoms with Gasteiger partial charge in [-0.25, -0.2) is 19.4 Å². The SMILES string of the molecule is COc1cccc(-n2nccc2-c2nc(C(=O)NCCCn3ccnc3)c3cnccn23)c1.O=C(O)C(F)(F)F. The first-order chi connectivity index (χ1) is 19.2. The van der Waals surface area contributed by atoms with Gasteiger partial charge in [0.1, 0.15) is 11.4 Å². The van der Waals surface area contributed by atoms with Gasteiger partial charge in [-0.2, -0.15) is 18.3 Å². The lowest BCUT2D eigenvalue weighted by Crippen LogP contribution is -2.25. The summed E-state index contributed by atoms with van der Waals surface area (Å²) in [6, 6.07) is 9.46. The second-order valence-corrected chi connectivity index (χ2v) is 8.16.